The number of benzene rings is 2. The summed E-state index contributed by atoms with van der Waals surface area (Å²) in [5, 5.41) is 12.1. The summed E-state index contributed by atoms with van der Waals surface area (Å²) in [5.41, 5.74) is 3.69. The summed E-state index contributed by atoms with van der Waals surface area (Å²) in [6, 6.07) is 17.2. The molecular weight excluding hydrogens is 456 g/mol. The molecule has 0 saturated heterocycles. The lowest BCUT2D eigenvalue weighted by Crippen LogP contribution is -2.28. The molecule has 1 aromatic heterocycles. The van der Waals surface area contributed by atoms with Gasteiger partial charge >= 0.3 is 0 Å². The van der Waals surface area contributed by atoms with Crippen LogP contribution in [0.4, 0.5) is 5.82 Å². The number of hydrogen-bond donors (Lipinski definition) is 1. The molecule has 4 rings (SSSR count). The topological polar surface area (TPSA) is 68.5 Å². The minimum atomic E-state index is -0.675. The maximum atomic E-state index is 12.6. The lowest BCUT2D eigenvalue weighted by molar-refractivity contribution is -0.125. The highest BCUT2D eigenvalue weighted by Crippen LogP contribution is 2.21. The Kier molecular flexibility index (Phi) is 5.69. The third-order valence-electron chi connectivity index (χ3n) is 4.60. The number of hydrogen-bond acceptors (Lipinski definition) is 4. The van der Waals surface area contributed by atoms with Gasteiger partial charge in [-0.2, -0.15) is 5.10 Å². The molecule has 29 heavy (non-hydrogen) atoms. The second-order valence-corrected chi connectivity index (χ2v) is 8.14. The van der Waals surface area contributed by atoms with Crippen LogP contribution >= 0.6 is 27.5 Å². The van der Waals surface area contributed by atoms with Gasteiger partial charge in [-0.25, -0.2) is 0 Å². The lowest BCUT2D eigenvalue weighted by atomic mass is 10.0. The van der Waals surface area contributed by atoms with Crippen molar-refractivity contribution < 1.29 is 9.63 Å². The van der Waals surface area contributed by atoms with E-state index in [9.17, 15) is 4.79 Å². The quantitative estimate of drug-likeness (QED) is 0.579. The van der Waals surface area contributed by atoms with Crippen molar-refractivity contribution in [2.75, 3.05) is 5.32 Å². The van der Waals surface area contributed by atoms with Crippen LogP contribution in [0.15, 0.2) is 64.2 Å². The Labute approximate surface area is 181 Å². The summed E-state index contributed by atoms with van der Waals surface area (Å²) in [6.07, 6.45) is -0.266. The predicted octanol–water partition coefficient (Wildman–Crippen LogP) is 4.79. The molecule has 1 unspecified atom stereocenters. The second-order valence-electron chi connectivity index (χ2n) is 6.79. The first kappa shape index (κ1) is 19.7. The van der Waals surface area contributed by atoms with Crippen molar-refractivity contribution in [3.05, 3.63) is 80.9 Å². The smallest absolute Gasteiger partial charge is 0.269 e. The predicted molar refractivity (Wildman–Crippen MR) is 116 cm³/mol. The number of rotatable bonds is 5. The van der Waals surface area contributed by atoms with Crippen molar-refractivity contribution in [1.29, 1.82) is 0 Å². The standard InChI is InChI=1S/C21H18BrClN4O2/c1-13-9-20(25-27(13)12-14-5-7-17(23)8-6-14)24-21(28)19-11-18(26-29-19)15-3-2-4-16(22)10-15/h2-10,19H,11-12H2,1H3,(H,24,25,28). The van der Waals surface area contributed by atoms with Gasteiger partial charge in [-0.15, -0.1) is 0 Å². The number of aryl methyl sites for hydroxylation is 1. The zero-order valence-corrected chi connectivity index (χ0v) is 17.9. The van der Waals surface area contributed by atoms with E-state index in [4.69, 9.17) is 16.4 Å². The molecule has 2 aromatic carbocycles. The van der Waals surface area contributed by atoms with Gasteiger partial charge in [0.15, 0.2) is 5.82 Å². The van der Waals surface area contributed by atoms with Crippen LogP contribution in [0.1, 0.15) is 23.2 Å². The van der Waals surface area contributed by atoms with E-state index in [-0.39, 0.29) is 5.91 Å². The Morgan fingerprint density at radius 2 is 2.07 bits per heavy atom. The molecule has 148 valence electrons. The molecule has 1 N–H and O–H groups in total. The molecule has 1 amide bonds. The number of amides is 1. The first-order valence-electron chi connectivity index (χ1n) is 9.06. The van der Waals surface area contributed by atoms with Crippen molar-refractivity contribution in [1.82, 2.24) is 9.78 Å². The van der Waals surface area contributed by atoms with E-state index < -0.39 is 6.10 Å². The van der Waals surface area contributed by atoms with Crippen LogP contribution in [0.25, 0.3) is 0 Å². The van der Waals surface area contributed by atoms with Crippen molar-refractivity contribution in [2.24, 2.45) is 5.16 Å². The van der Waals surface area contributed by atoms with E-state index in [2.05, 4.69) is 31.5 Å². The van der Waals surface area contributed by atoms with E-state index >= 15 is 0 Å². The number of anilines is 1. The third-order valence-corrected chi connectivity index (χ3v) is 5.34. The van der Waals surface area contributed by atoms with Gasteiger partial charge in [0.25, 0.3) is 5.91 Å². The summed E-state index contributed by atoms with van der Waals surface area (Å²) >= 11 is 9.37. The van der Waals surface area contributed by atoms with Gasteiger partial charge in [0.2, 0.25) is 6.10 Å². The van der Waals surface area contributed by atoms with Gasteiger partial charge < -0.3 is 10.2 Å². The first-order chi connectivity index (χ1) is 14.0. The Morgan fingerprint density at radius 1 is 1.28 bits per heavy atom. The largest absolute Gasteiger partial charge is 0.382 e. The highest BCUT2D eigenvalue weighted by atomic mass is 79.9. The van der Waals surface area contributed by atoms with Gasteiger partial charge in [-0.1, -0.05) is 57.0 Å². The average molecular weight is 474 g/mol. The van der Waals surface area contributed by atoms with E-state index in [1.165, 1.54) is 0 Å². The highest BCUT2D eigenvalue weighted by Gasteiger charge is 2.29. The normalized spacial score (nSPS) is 15.7. The van der Waals surface area contributed by atoms with E-state index in [0.717, 1.165) is 27.0 Å². The fourth-order valence-corrected chi connectivity index (χ4v) is 3.58. The number of nitrogens with one attached hydrogen (secondary N) is 1. The summed E-state index contributed by atoms with van der Waals surface area (Å²) in [6.45, 7) is 2.54. The summed E-state index contributed by atoms with van der Waals surface area (Å²) in [7, 11) is 0. The molecule has 0 spiro atoms. The van der Waals surface area contributed by atoms with Crippen LogP contribution in [0.3, 0.4) is 0 Å². The van der Waals surface area contributed by atoms with Crippen LogP contribution in [0.5, 0.6) is 0 Å². The molecule has 1 aliphatic heterocycles. The fourth-order valence-electron chi connectivity index (χ4n) is 3.06. The minimum absolute atomic E-state index is 0.269. The lowest BCUT2D eigenvalue weighted by Gasteiger charge is -2.07. The van der Waals surface area contributed by atoms with Crippen molar-refractivity contribution in [3.63, 3.8) is 0 Å². The summed E-state index contributed by atoms with van der Waals surface area (Å²) < 4.78 is 2.78. The summed E-state index contributed by atoms with van der Waals surface area (Å²) in [4.78, 5) is 17.9. The Morgan fingerprint density at radius 3 is 2.83 bits per heavy atom. The fraction of sp³-hybridized carbons (Fsp3) is 0.190. The number of aromatic nitrogens is 2. The van der Waals surface area contributed by atoms with Crippen LogP contribution < -0.4 is 5.32 Å². The molecule has 0 saturated carbocycles. The maximum absolute atomic E-state index is 12.6. The Bertz CT molecular complexity index is 1080. The molecule has 2 heterocycles. The molecule has 0 radical (unpaired) electrons. The zero-order valence-electron chi connectivity index (χ0n) is 15.6. The van der Waals surface area contributed by atoms with Gasteiger partial charge in [0, 0.05) is 33.2 Å². The van der Waals surface area contributed by atoms with E-state index in [0.29, 0.717) is 23.8 Å². The number of oxime groups is 1. The van der Waals surface area contributed by atoms with Crippen molar-refractivity contribution in [3.8, 4) is 0 Å². The molecule has 8 heteroatoms. The highest BCUT2D eigenvalue weighted by molar-refractivity contribution is 9.10. The zero-order chi connectivity index (χ0) is 20.4. The molecule has 1 atom stereocenters. The van der Waals surface area contributed by atoms with E-state index in [1.807, 2.05) is 66.2 Å². The van der Waals surface area contributed by atoms with Gasteiger partial charge in [-0.3, -0.25) is 9.48 Å². The number of carbonyl (C=O) groups is 1. The molecular formula is C21H18BrClN4O2. The molecule has 0 bridgehead atoms. The van der Waals surface area contributed by atoms with Crippen LogP contribution in [-0.4, -0.2) is 27.5 Å². The van der Waals surface area contributed by atoms with E-state index in [1.54, 1.807) is 0 Å². The summed E-state index contributed by atoms with van der Waals surface area (Å²) in [5.74, 6) is 0.218. The van der Waals surface area contributed by atoms with Crippen LogP contribution in [0.2, 0.25) is 5.02 Å². The van der Waals surface area contributed by atoms with Gasteiger partial charge in [0.1, 0.15) is 0 Å². The Balaban J connectivity index is 1.38. The molecule has 6 nitrogen and oxygen atoms in total. The second kappa shape index (κ2) is 8.39. The van der Waals surface area contributed by atoms with Crippen molar-refractivity contribution in [2.45, 2.75) is 26.0 Å². The SMILES string of the molecule is Cc1cc(NC(=O)C2CC(c3cccc(Br)c3)=NO2)nn1Cc1ccc(Cl)cc1. The number of halogens is 2. The molecule has 0 aliphatic carbocycles. The minimum Gasteiger partial charge on any atom is -0.382 e. The average Bonchev–Trinajstić information content (AvgIpc) is 3.31. The van der Waals surface area contributed by atoms with Crippen LogP contribution in [-0.2, 0) is 16.2 Å². The monoisotopic (exact) mass is 472 g/mol. The number of nitrogens with zero attached hydrogens (tertiary/aromatic N) is 3. The molecule has 0 fully saturated rings. The van der Waals surface area contributed by atoms with Gasteiger partial charge in [0.05, 0.1) is 12.3 Å². The molecule has 3 aromatic rings. The van der Waals surface area contributed by atoms with Crippen molar-refractivity contribution >= 4 is 45.0 Å². The Hall–Kier alpha value is -2.64. The third kappa shape index (κ3) is 4.68. The number of carbonyl (C=O) groups excluding carboxylic acids is 1. The first-order valence-corrected chi connectivity index (χ1v) is 10.2. The van der Waals surface area contributed by atoms with Gasteiger partial charge in [-0.05, 0) is 36.8 Å². The van der Waals surface area contributed by atoms with Crippen LogP contribution in [0, 0.1) is 6.92 Å². The maximum Gasteiger partial charge on any atom is 0.269 e. The molecule has 1 aliphatic rings.